The zero-order valence-corrected chi connectivity index (χ0v) is 18.6. The van der Waals surface area contributed by atoms with Crippen molar-refractivity contribution in [1.29, 1.82) is 0 Å². The van der Waals surface area contributed by atoms with Crippen molar-refractivity contribution in [3.8, 4) is 0 Å². The molecule has 0 spiro atoms. The monoisotopic (exact) mass is 465 g/mol. The molecule has 184 valence electrons. The molecule has 0 saturated carbocycles. The summed E-state index contributed by atoms with van der Waals surface area (Å²) in [5, 5.41) is 8.84. The summed E-state index contributed by atoms with van der Waals surface area (Å²) >= 11 is 0. The van der Waals surface area contributed by atoms with E-state index in [1.807, 2.05) is 0 Å². The Morgan fingerprint density at radius 2 is 1.69 bits per heavy atom. The van der Waals surface area contributed by atoms with Crippen LogP contribution in [0.15, 0.2) is 0 Å². The maximum absolute atomic E-state index is 12.6. The third-order valence-electron chi connectivity index (χ3n) is 4.09. The van der Waals surface area contributed by atoms with E-state index in [9.17, 15) is 19.2 Å². The second-order valence-corrected chi connectivity index (χ2v) is 6.77. The number of carbonyl (C=O) groups is 4. The third kappa shape index (κ3) is 10.2. The molecule has 1 heterocycles. The Morgan fingerprint density at radius 1 is 1.00 bits per heavy atom. The quantitative estimate of drug-likeness (QED) is 0.172. The summed E-state index contributed by atoms with van der Waals surface area (Å²) in [6.45, 7) is 3.15. The van der Waals surface area contributed by atoms with Gasteiger partial charge in [-0.05, 0) is 0 Å². The maximum Gasteiger partial charge on any atom is 0.414 e. The van der Waals surface area contributed by atoms with Crippen LogP contribution in [-0.4, -0.2) is 105 Å². The van der Waals surface area contributed by atoms with Crippen LogP contribution in [0.3, 0.4) is 0 Å². The predicted molar refractivity (Wildman–Crippen MR) is 104 cm³/mol. The Kier molecular flexibility index (Phi) is 12.5. The third-order valence-corrected chi connectivity index (χ3v) is 4.09. The van der Waals surface area contributed by atoms with Gasteiger partial charge in [0, 0.05) is 34.4 Å². The molecule has 0 bridgehead atoms. The lowest BCUT2D eigenvalue weighted by molar-refractivity contribution is -0.254. The summed E-state index contributed by atoms with van der Waals surface area (Å²) in [7, 11) is 1.46. The highest BCUT2D eigenvalue weighted by atomic mass is 16.7. The average molecular weight is 465 g/mol. The number of hydrogen-bond donors (Lipinski definition) is 1. The maximum atomic E-state index is 12.6. The SMILES string of the molecule is COCCN(COCCO)C(=O)O[C@H]1C[C@@H](OC(C)=O)[C@@H](OC(C)=O)[C@@H](COC(C)=O)O1. The molecule has 1 amide bonds. The van der Waals surface area contributed by atoms with Gasteiger partial charge in [0.2, 0.25) is 6.29 Å². The van der Waals surface area contributed by atoms with Gasteiger partial charge in [0.15, 0.2) is 6.10 Å². The number of methoxy groups -OCH3 is 1. The molecule has 0 aliphatic carbocycles. The van der Waals surface area contributed by atoms with Crippen molar-refractivity contribution >= 4 is 24.0 Å². The van der Waals surface area contributed by atoms with Crippen LogP contribution in [0.4, 0.5) is 4.79 Å². The number of carbonyl (C=O) groups excluding carboxylic acids is 4. The molecule has 32 heavy (non-hydrogen) atoms. The normalized spacial score (nSPS) is 22.5. The first-order valence-electron chi connectivity index (χ1n) is 9.94. The molecule has 1 rings (SSSR count). The summed E-state index contributed by atoms with van der Waals surface area (Å²) in [5.74, 6) is -1.92. The minimum absolute atomic E-state index is 0.0136. The molecule has 1 fully saturated rings. The zero-order chi connectivity index (χ0) is 24.1. The molecule has 0 aromatic rings. The second kappa shape index (κ2) is 14.6. The van der Waals surface area contributed by atoms with Crippen LogP contribution < -0.4 is 0 Å². The second-order valence-electron chi connectivity index (χ2n) is 6.77. The van der Waals surface area contributed by atoms with Crippen molar-refractivity contribution < 1.29 is 57.4 Å². The molecule has 0 aromatic heterocycles. The van der Waals surface area contributed by atoms with Crippen molar-refractivity contribution in [3.63, 3.8) is 0 Å². The highest BCUT2D eigenvalue weighted by molar-refractivity contribution is 5.68. The first-order chi connectivity index (χ1) is 15.2. The van der Waals surface area contributed by atoms with Crippen LogP contribution >= 0.6 is 0 Å². The number of hydrogen-bond acceptors (Lipinski definition) is 12. The lowest BCUT2D eigenvalue weighted by Crippen LogP contribution is -2.55. The molecular weight excluding hydrogens is 434 g/mol. The predicted octanol–water partition coefficient (Wildman–Crippen LogP) is -0.421. The number of ether oxygens (including phenoxy) is 7. The van der Waals surface area contributed by atoms with Gasteiger partial charge in [0.1, 0.15) is 25.5 Å². The number of amides is 1. The van der Waals surface area contributed by atoms with Gasteiger partial charge in [-0.15, -0.1) is 0 Å². The van der Waals surface area contributed by atoms with E-state index in [1.165, 1.54) is 32.8 Å². The van der Waals surface area contributed by atoms with E-state index in [0.717, 1.165) is 0 Å². The topological polar surface area (TPSA) is 156 Å². The van der Waals surface area contributed by atoms with Crippen molar-refractivity contribution in [2.45, 2.75) is 51.8 Å². The fourth-order valence-corrected chi connectivity index (χ4v) is 2.81. The van der Waals surface area contributed by atoms with Crippen LogP contribution in [0.2, 0.25) is 0 Å². The van der Waals surface area contributed by atoms with E-state index in [0.29, 0.717) is 0 Å². The van der Waals surface area contributed by atoms with Gasteiger partial charge >= 0.3 is 24.0 Å². The molecule has 1 aliphatic heterocycles. The van der Waals surface area contributed by atoms with Crippen molar-refractivity contribution in [2.75, 3.05) is 46.8 Å². The van der Waals surface area contributed by atoms with Crippen molar-refractivity contribution in [3.05, 3.63) is 0 Å². The van der Waals surface area contributed by atoms with Gasteiger partial charge in [0.25, 0.3) is 0 Å². The molecule has 0 unspecified atom stereocenters. The molecule has 13 heteroatoms. The van der Waals surface area contributed by atoms with Crippen LogP contribution in [-0.2, 0) is 47.5 Å². The number of nitrogens with zero attached hydrogens (tertiary/aromatic N) is 1. The largest absolute Gasteiger partial charge is 0.463 e. The smallest absolute Gasteiger partial charge is 0.414 e. The van der Waals surface area contributed by atoms with E-state index in [1.54, 1.807) is 0 Å². The highest BCUT2D eigenvalue weighted by Gasteiger charge is 2.45. The molecule has 1 N–H and O–H groups in total. The minimum Gasteiger partial charge on any atom is -0.463 e. The Labute approximate surface area is 185 Å². The van der Waals surface area contributed by atoms with Crippen molar-refractivity contribution in [1.82, 2.24) is 4.90 Å². The van der Waals surface area contributed by atoms with Crippen LogP contribution in [0.1, 0.15) is 27.2 Å². The molecule has 1 saturated heterocycles. The number of rotatable bonds is 12. The van der Waals surface area contributed by atoms with Crippen LogP contribution in [0.25, 0.3) is 0 Å². The van der Waals surface area contributed by atoms with Gasteiger partial charge in [-0.1, -0.05) is 0 Å². The lowest BCUT2D eigenvalue weighted by Gasteiger charge is -2.39. The molecular formula is C19H31NO12. The molecule has 0 radical (unpaired) electrons. The Bertz CT molecular complexity index is 627. The number of aliphatic hydroxyl groups excluding tert-OH is 1. The van der Waals surface area contributed by atoms with Crippen LogP contribution in [0, 0.1) is 0 Å². The minimum atomic E-state index is -1.21. The Morgan fingerprint density at radius 3 is 2.25 bits per heavy atom. The lowest BCUT2D eigenvalue weighted by atomic mass is 10.0. The fraction of sp³-hybridized carbons (Fsp3) is 0.789. The van der Waals surface area contributed by atoms with Crippen LogP contribution in [0.5, 0.6) is 0 Å². The first kappa shape index (κ1) is 27.6. The van der Waals surface area contributed by atoms with Gasteiger partial charge in [0.05, 0.1) is 26.2 Å². The summed E-state index contributed by atoms with van der Waals surface area (Å²) in [4.78, 5) is 48.1. The van der Waals surface area contributed by atoms with Crippen molar-refractivity contribution in [2.24, 2.45) is 0 Å². The standard InChI is InChI=1S/C19H31NO12/c1-12(22)28-10-16-18(30-14(3)24)15(29-13(2)23)9-17(31-16)32-19(25)20(5-7-26-4)11-27-8-6-21/h15-18,21H,5-11H2,1-4H3/t15-,16-,17+,18-/m1/s1. The zero-order valence-electron chi connectivity index (χ0n) is 18.6. The molecule has 0 aromatic carbocycles. The summed E-state index contributed by atoms with van der Waals surface area (Å²) in [5.41, 5.74) is 0. The van der Waals surface area contributed by atoms with Gasteiger partial charge in [-0.2, -0.15) is 0 Å². The highest BCUT2D eigenvalue weighted by Crippen LogP contribution is 2.27. The number of esters is 3. The average Bonchev–Trinajstić information content (AvgIpc) is 2.70. The molecule has 1 aliphatic rings. The summed E-state index contributed by atoms with van der Waals surface area (Å²) in [6.07, 6.45) is -5.30. The Hall–Kier alpha value is -2.48. The van der Waals surface area contributed by atoms with Gasteiger partial charge in [-0.25, -0.2) is 4.79 Å². The first-order valence-corrected chi connectivity index (χ1v) is 9.94. The number of aliphatic hydroxyl groups is 1. The molecule has 4 atom stereocenters. The molecule has 13 nitrogen and oxygen atoms in total. The Balaban J connectivity index is 2.96. The fourth-order valence-electron chi connectivity index (χ4n) is 2.81. The van der Waals surface area contributed by atoms with E-state index < -0.39 is 48.6 Å². The van der Waals surface area contributed by atoms with E-state index in [2.05, 4.69) is 0 Å². The van der Waals surface area contributed by atoms with Gasteiger partial charge in [-0.3, -0.25) is 19.3 Å². The van der Waals surface area contributed by atoms with E-state index >= 15 is 0 Å². The van der Waals surface area contributed by atoms with Gasteiger partial charge < -0.3 is 38.3 Å². The summed E-state index contributed by atoms with van der Waals surface area (Å²) in [6, 6.07) is 0. The summed E-state index contributed by atoms with van der Waals surface area (Å²) < 4.78 is 36.6. The van der Waals surface area contributed by atoms with E-state index in [-0.39, 0.29) is 46.1 Å². The van der Waals surface area contributed by atoms with E-state index in [4.69, 9.17) is 38.3 Å².